The number of para-hydroxylation sites is 1. The topological polar surface area (TPSA) is 18.5 Å². The molecule has 6 heteroatoms. The summed E-state index contributed by atoms with van der Waals surface area (Å²) in [6.07, 6.45) is 3.10. The summed E-state index contributed by atoms with van der Waals surface area (Å²) in [6.45, 7) is -2.88. The first-order valence-corrected chi connectivity index (χ1v) is 9.87. The van der Waals surface area contributed by atoms with Gasteiger partial charge >= 0.3 is 6.61 Å². The van der Waals surface area contributed by atoms with Crippen molar-refractivity contribution in [1.29, 1.82) is 0 Å². The van der Waals surface area contributed by atoms with Crippen LogP contribution in [0.15, 0.2) is 84.7 Å². The molecule has 0 spiro atoms. The van der Waals surface area contributed by atoms with Crippen LogP contribution in [0.5, 0.6) is 17.2 Å². The fraction of sp³-hybridized carbons (Fsp3) is 0.200. The first kappa shape index (κ1) is 21.0. The smallest absolute Gasteiger partial charge is 0.387 e. The summed E-state index contributed by atoms with van der Waals surface area (Å²) in [4.78, 5) is 0. The van der Waals surface area contributed by atoms with Crippen LogP contribution >= 0.6 is 0 Å². The maximum Gasteiger partial charge on any atom is 0.387 e. The van der Waals surface area contributed by atoms with E-state index in [1.165, 1.54) is 30.3 Å². The molecule has 0 atom stereocenters. The highest BCUT2D eigenvalue weighted by atomic mass is 19.3. The van der Waals surface area contributed by atoms with Crippen molar-refractivity contribution in [2.24, 2.45) is 0 Å². The fourth-order valence-electron chi connectivity index (χ4n) is 3.52. The zero-order chi connectivity index (χ0) is 21.8. The lowest BCUT2D eigenvalue weighted by molar-refractivity contribution is -0.0498. The minimum absolute atomic E-state index is 0.000241. The van der Waals surface area contributed by atoms with E-state index in [9.17, 15) is 17.6 Å². The molecule has 0 aromatic heterocycles. The van der Waals surface area contributed by atoms with Gasteiger partial charge in [0.1, 0.15) is 17.3 Å². The van der Waals surface area contributed by atoms with E-state index in [2.05, 4.69) is 4.74 Å². The van der Waals surface area contributed by atoms with Crippen LogP contribution in [-0.2, 0) is 11.8 Å². The van der Waals surface area contributed by atoms with Crippen molar-refractivity contribution < 1.29 is 27.0 Å². The van der Waals surface area contributed by atoms with Crippen LogP contribution in [0.1, 0.15) is 24.0 Å². The Morgan fingerprint density at radius 2 is 1.65 bits per heavy atom. The van der Waals surface area contributed by atoms with Crippen molar-refractivity contribution in [3.8, 4) is 17.2 Å². The van der Waals surface area contributed by atoms with Gasteiger partial charge in [0, 0.05) is 11.8 Å². The van der Waals surface area contributed by atoms with Gasteiger partial charge in [-0.05, 0) is 66.4 Å². The Balaban J connectivity index is 1.47. The number of benzene rings is 3. The molecule has 4 rings (SSSR count). The van der Waals surface area contributed by atoms with Crippen molar-refractivity contribution in [1.82, 2.24) is 0 Å². The molecule has 1 fully saturated rings. The summed E-state index contributed by atoms with van der Waals surface area (Å²) >= 11 is 0. The molecule has 1 saturated carbocycles. The molecule has 31 heavy (non-hydrogen) atoms. The third-order valence-corrected chi connectivity index (χ3v) is 5.22. The standard InChI is InChI=1S/C25H20F4O2/c26-19(16-25(12-13-25)18-7-9-21(10-8-18)31-24(28)29)14-17-6-11-22(27)23(15-17)30-20-4-2-1-3-5-20/h1-11,15-16,24H,12-14H2/b19-16+. The highest BCUT2D eigenvalue weighted by Gasteiger charge is 2.42. The quantitative estimate of drug-likeness (QED) is 0.349. The first-order valence-electron chi connectivity index (χ1n) is 9.87. The van der Waals surface area contributed by atoms with Crippen LogP contribution in [0, 0.1) is 5.82 Å². The van der Waals surface area contributed by atoms with E-state index < -0.39 is 17.8 Å². The summed E-state index contributed by atoms with van der Waals surface area (Å²) < 4.78 is 63.5. The van der Waals surface area contributed by atoms with Crippen molar-refractivity contribution >= 4 is 0 Å². The highest BCUT2D eigenvalue weighted by Crippen LogP contribution is 2.50. The number of rotatable bonds is 8. The summed E-state index contributed by atoms with van der Waals surface area (Å²) in [6, 6.07) is 19.4. The molecular formula is C25H20F4O2. The maximum atomic E-state index is 14.8. The van der Waals surface area contributed by atoms with Crippen LogP contribution in [-0.4, -0.2) is 6.61 Å². The van der Waals surface area contributed by atoms with Crippen LogP contribution < -0.4 is 9.47 Å². The van der Waals surface area contributed by atoms with Crippen LogP contribution in [0.3, 0.4) is 0 Å². The van der Waals surface area contributed by atoms with Crippen molar-refractivity contribution in [2.45, 2.75) is 31.3 Å². The lowest BCUT2D eigenvalue weighted by atomic mass is 9.94. The first-order chi connectivity index (χ1) is 14.9. The predicted octanol–water partition coefficient (Wildman–Crippen LogP) is 7.35. The Morgan fingerprint density at radius 3 is 2.29 bits per heavy atom. The van der Waals surface area contributed by atoms with Crippen molar-refractivity contribution in [3.05, 3.63) is 102 Å². The maximum absolute atomic E-state index is 14.8. The predicted molar refractivity (Wildman–Crippen MR) is 110 cm³/mol. The number of hydrogen-bond acceptors (Lipinski definition) is 2. The lowest BCUT2D eigenvalue weighted by Crippen LogP contribution is -2.05. The Morgan fingerprint density at radius 1 is 0.935 bits per heavy atom. The molecular weight excluding hydrogens is 408 g/mol. The van der Waals surface area contributed by atoms with Gasteiger partial charge in [0.05, 0.1) is 0 Å². The molecule has 3 aromatic carbocycles. The van der Waals surface area contributed by atoms with Crippen LogP contribution in [0.2, 0.25) is 0 Å². The van der Waals surface area contributed by atoms with Gasteiger partial charge in [-0.3, -0.25) is 0 Å². The second-order valence-corrected chi connectivity index (χ2v) is 7.51. The monoisotopic (exact) mass is 428 g/mol. The SMILES string of the molecule is F/C(=C/C1(c2ccc(OC(F)F)cc2)CC1)Cc1ccc(F)c(Oc2ccccc2)c1. The molecule has 3 aromatic rings. The van der Waals surface area contributed by atoms with E-state index >= 15 is 0 Å². The molecule has 0 bridgehead atoms. The minimum atomic E-state index is -2.88. The van der Waals surface area contributed by atoms with Crippen LogP contribution in [0.4, 0.5) is 17.6 Å². The number of halogens is 4. The van der Waals surface area contributed by atoms with E-state index in [0.717, 1.165) is 18.4 Å². The molecule has 1 aliphatic carbocycles. The molecule has 0 heterocycles. The average Bonchev–Trinajstić information content (AvgIpc) is 3.52. The fourth-order valence-corrected chi connectivity index (χ4v) is 3.52. The Labute approximate surface area is 177 Å². The second-order valence-electron chi connectivity index (χ2n) is 7.51. The molecule has 0 saturated heterocycles. The Bertz CT molecular complexity index is 1060. The molecule has 0 unspecified atom stereocenters. The summed E-state index contributed by atoms with van der Waals surface area (Å²) in [5.74, 6) is -0.279. The average molecular weight is 428 g/mol. The zero-order valence-electron chi connectivity index (χ0n) is 16.5. The van der Waals surface area contributed by atoms with Gasteiger partial charge in [0.15, 0.2) is 11.6 Å². The van der Waals surface area contributed by atoms with Gasteiger partial charge in [-0.1, -0.05) is 36.4 Å². The van der Waals surface area contributed by atoms with Gasteiger partial charge in [-0.25, -0.2) is 8.78 Å². The molecule has 0 N–H and O–H groups in total. The van der Waals surface area contributed by atoms with Gasteiger partial charge in [-0.15, -0.1) is 0 Å². The molecule has 2 nitrogen and oxygen atoms in total. The van der Waals surface area contributed by atoms with Crippen molar-refractivity contribution in [2.75, 3.05) is 0 Å². The third kappa shape index (κ3) is 5.26. The largest absolute Gasteiger partial charge is 0.454 e. The normalized spacial score (nSPS) is 15.1. The Hall–Kier alpha value is -3.28. The van der Waals surface area contributed by atoms with Gasteiger partial charge in [0.2, 0.25) is 0 Å². The van der Waals surface area contributed by atoms with Crippen LogP contribution in [0.25, 0.3) is 0 Å². The van der Waals surface area contributed by atoms with Gasteiger partial charge < -0.3 is 9.47 Å². The van der Waals surface area contributed by atoms with E-state index in [1.54, 1.807) is 42.5 Å². The van der Waals surface area contributed by atoms with E-state index in [0.29, 0.717) is 11.3 Å². The number of ether oxygens (including phenoxy) is 2. The van der Waals surface area contributed by atoms with E-state index in [4.69, 9.17) is 4.74 Å². The van der Waals surface area contributed by atoms with Gasteiger partial charge in [0.25, 0.3) is 0 Å². The number of hydrogen-bond donors (Lipinski definition) is 0. The number of allylic oxidation sites excluding steroid dienone is 2. The number of alkyl halides is 2. The molecule has 1 aliphatic rings. The molecule has 0 amide bonds. The van der Waals surface area contributed by atoms with E-state index in [-0.39, 0.29) is 23.7 Å². The summed E-state index contributed by atoms with van der Waals surface area (Å²) in [7, 11) is 0. The highest BCUT2D eigenvalue weighted by molar-refractivity contribution is 5.42. The lowest BCUT2D eigenvalue weighted by Gasteiger charge is -2.13. The molecule has 0 radical (unpaired) electrons. The third-order valence-electron chi connectivity index (χ3n) is 5.22. The van der Waals surface area contributed by atoms with E-state index in [1.807, 2.05) is 6.07 Å². The van der Waals surface area contributed by atoms with Gasteiger partial charge in [-0.2, -0.15) is 8.78 Å². The molecule has 0 aliphatic heterocycles. The van der Waals surface area contributed by atoms with Crippen molar-refractivity contribution in [3.63, 3.8) is 0 Å². The second kappa shape index (κ2) is 8.84. The summed E-state index contributed by atoms with van der Waals surface area (Å²) in [5, 5.41) is 0. The molecule has 160 valence electrons. The minimum Gasteiger partial charge on any atom is -0.454 e. The zero-order valence-corrected chi connectivity index (χ0v) is 16.5. The summed E-state index contributed by atoms with van der Waals surface area (Å²) in [5.41, 5.74) is 0.977. The Kier molecular flexibility index (Phi) is 5.98.